The Morgan fingerprint density at radius 3 is 1.48 bits per heavy atom. The molecule has 0 aliphatic carbocycles. The van der Waals surface area contributed by atoms with Crippen molar-refractivity contribution in [3.63, 3.8) is 0 Å². The van der Waals surface area contributed by atoms with Crippen molar-refractivity contribution in [1.29, 1.82) is 0 Å². The van der Waals surface area contributed by atoms with E-state index in [0.717, 1.165) is 32.1 Å². The van der Waals surface area contributed by atoms with Crippen molar-refractivity contribution in [2.75, 3.05) is 19.8 Å². The summed E-state index contributed by atoms with van der Waals surface area (Å²) in [6.07, 6.45) is 26.5. The Labute approximate surface area is 398 Å². The summed E-state index contributed by atoms with van der Waals surface area (Å²) in [6.45, 7) is 2.77. The van der Waals surface area contributed by atoms with Crippen LogP contribution in [-0.2, 0) is 23.7 Å². The van der Waals surface area contributed by atoms with Crippen LogP contribution >= 0.6 is 0 Å². The lowest BCUT2D eigenvalue weighted by atomic mass is 9.97. The zero-order valence-corrected chi connectivity index (χ0v) is 41.2. The molecule has 1 amide bonds. The number of ether oxygens (including phenoxy) is 4. The number of aliphatic hydroxyl groups is 8. The van der Waals surface area contributed by atoms with Crippen LogP contribution in [0.4, 0.5) is 0 Å². The van der Waals surface area contributed by atoms with Crippen LogP contribution in [0, 0.1) is 0 Å². The molecule has 0 bridgehead atoms. The van der Waals surface area contributed by atoms with Gasteiger partial charge < -0.3 is 65.1 Å². The van der Waals surface area contributed by atoms with Crippen molar-refractivity contribution in [3.8, 4) is 0 Å². The van der Waals surface area contributed by atoms with E-state index in [9.17, 15) is 45.6 Å². The first-order valence-electron chi connectivity index (χ1n) is 26.6. The molecule has 66 heavy (non-hydrogen) atoms. The number of rotatable bonds is 41. The van der Waals surface area contributed by atoms with Gasteiger partial charge in [-0.2, -0.15) is 0 Å². The maximum atomic E-state index is 13.2. The molecule has 0 saturated carbocycles. The van der Waals surface area contributed by atoms with Gasteiger partial charge in [0.2, 0.25) is 5.91 Å². The number of allylic oxidation sites excluding steroid dienone is 3. The minimum Gasteiger partial charge on any atom is -0.394 e. The molecule has 0 spiro atoms. The summed E-state index contributed by atoms with van der Waals surface area (Å²) in [5, 5.41) is 86.7. The van der Waals surface area contributed by atoms with Crippen LogP contribution in [0.5, 0.6) is 0 Å². The van der Waals surface area contributed by atoms with Gasteiger partial charge in [0.1, 0.15) is 48.8 Å². The van der Waals surface area contributed by atoms with Crippen molar-refractivity contribution >= 4 is 5.91 Å². The van der Waals surface area contributed by atoms with Crippen molar-refractivity contribution < 1.29 is 64.6 Å². The Balaban J connectivity index is 1.83. The van der Waals surface area contributed by atoms with Crippen LogP contribution in [0.15, 0.2) is 24.3 Å². The second-order valence-corrected chi connectivity index (χ2v) is 19.0. The molecule has 2 aliphatic rings. The highest BCUT2D eigenvalue weighted by atomic mass is 16.7. The van der Waals surface area contributed by atoms with E-state index in [1.165, 1.54) is 141 Å². The monoisotopic (exact) mass is 944 g/mol. The molecule has 2 aliphatic heterocycles. The van der Waals surface area contributed by atoms with E-state index in [0.29, 0.717) is 12.8 Å². The van der Waals surface area contributed by atoms with Gasteiger partial charge in [-0.15, -0.1) is 0 Å². The SMILES string of the molecule is CCCCCCCCCC/C=C/CC/C=C/C(O)C(COC1OC(CO)C(OC2OC(CO)C(O)C(O)C2O)C(O)C1O)NC(=O)CCCCCCCCCCCCCCCCCCCC. The van der Waals surface area contributed by atoms with Crippen molar-refractivity contribution in [1.82, 2.24) is 5.32 Å². The quantitative estimate of drug-likeness (QED) is 0.0216. The van der Waals surface area contributed by atoms with Crippen LogP contribution in [0.1, 0.15) is 206 Å². The van der Waals surface area contributed by atoms with E-state index in [2.05, 4.69) is 31.3 Å². The molecule has 12 atom stereocenters. The third-order valence-electron chi connectivity index (χ3n) is 13.1. The first-order valence-corrected chi connectivity index (χ1v) is 26.6. The molecule has 2 rings (SSSR count). The number of nitrogens with one attached hydrogen (secondary N) is 1. The zero-order valence-electron chi connectivity index (χ0n) is 41.2. The Kier molecular flexibility index (Phi) is 36.0. The first-order chi connectivity index (χ1) is 32.1. The molecule has 14 heteroatoms. The molecule has 0 aromatic carbocycles. The summed E-state index contributed by atoms with van der Waals surface area (Å²) >= 11 is 0. The number of hydrogen-bond donors (Lipinski definition) is 9. The van der Waals surface area contributed by atoms with Gasteiger partial charge in [-0.25, -0.2) is 0 Å². The van der Waals surface area contributed by atoms with E-state index in [-0.39, 0.29) is 18.9 Å². The fourth-order valence-corrected chi connectivity index (χ4v) is 8.78. The maximum Gasteiger partial charge on any atom is 0.220 e. The number of carbonyl (C=O) groups excluding carboxylic acids is 1. The Hall–Kier alpha value is -1.53. The average molecular weight is 944 g/mol. The molecule has 2 heterocycles. The molecule has 0 radical (unpaired) electrons. The van der Waals surface area contributed by atoms with Crippen LogP contribution in [0.2, 0.25) is 0 Å². The van der Waals surface area contributed by atoms with Gasteiger partial charge in [-0.1, -0.05) is 192 Å². The molecular formula is C52H97NO13. The fraction of sp³-hybridized carbons (Fsp3) is 0.904. The lowest BCUT2D eigenvalue weighted by Crippen LogP contribution is -2.65. The van der Waals surface area contributed by atoms with Crippen LogP contribution in [-0.4, -0.2) is 140 Å². The number of aliphatic hydroxyl groups excluding tert-OH is 8. The lowest BCUT2D eigenvalue weighted by molar-refractivity contribution is -0.359. The number of hydrogen-bond acceptors (Lipinski definition) is 13. The maximum absolute atomic E-state index is 13.2. The molecule has 2 fully saturated rings. The fourth-order valence-electron chi connectivity index (χ4n) is 8.78. The summed E-state index contributed by atoms with van der Waals surface area (Å²) in [5.41, 5.74) is 0. The van der Waals surface area contributed by atoms with E-state index in [1.54, 1.807) is 6.08 Å². The second-order valence-electron chi connectivity index (χ2n) is 19.0. The van der Waals surface area contributed by atoms with Gasteiger partial charge in [0.05, 0.1) is 32.0 Å². The zero-order chi connectivity index (χ0) is 48.2. The van der Waals surface area contributed by atoms with E-state index in [4.69, 9.17) is 18.9 Å². The van der Waals surface area contributed by atoms with Crippen molar-refractivity contribution in [2.24, 2.45) is 0 Å². The third-order valence-corrected chi connectivity index (χ3v) is 13.1. The molecule has 2 saturated heterocycles. The highest BCUT2D eigenvalue weighted by Gasteiger charge is 2.51. The van der Waals surface area contributed by atoms with Gasteiger partial charge in [-0.3, -0.25) is 4.79 Å². The molecule has 388 valence electrons. The standard InChI is InChI=1S/C52H97NO13/c1-3-5-7-9-11-13-15-17-19-20-21-22-24-26-28-30-32-34-36-44(57)53-40(41(56)35-33-31-29-27-25-23-18-16-14-12-10-8-6-4-2)39-63-51-49(62)47(60)50(43(38-55)65-51)66-52-48(61)46(59)45(58)42(37-54)64-52/h25,27,33,35,40-43,45-52,54-56,58-62H,3-24,26,28-32,34,36-39H2,1-2H3,(H,53,57)/b27-25+,35-33+. The lowest BCUT2D eigenvalue weighted by Gasteiger charge is -2.46. The second kappa shape index (κ2) is 39.2. The molecule has 9 N–H and O–H groups in total. The average Bonchev–Trinajstić information content (AvgIpc) is 3.31. The van der Waals surface area contributed by atoms with E-state index in [1.807, 2.05) is 6.08 Å². The smallest absolute Gasteiger partial charge is 0.220 e. The minimum atomic E-state index is -1.79. The largest absolute Gasteiger partial charge is 0.394 e. The van der Waals surface area contributed by atoms with Crippen molar-refractivity contribution in [3.05, 3.63) is 24.3 Å². The van der Waals surface area contributed by atoms with Gasteiger partial charge in [0, 0.05) is 6.42 Å². The Morgan fingerprint density at radius 1 is 0.530 bits per heavy atom. The highest BCUT2D eigenvalue weighted by Crippen LogP contribution is 2.30. The summed E-state index contributed by atoms with van der Waals surface area (Å²) in [7, 11) is 0. The third kappa shape index (κ3) is 25.9. The predicted octanol–water partition coefficient (Wildman–Crippen LogP) is 7.33. The molecule has 0 aromatic rings. The van der Waals surface area contributed by atoms with Gasteiger partial charge in [0.15, 0.2) is 12.6 Å². The highest BCUT2D eigenvalue weighted by molar-refractivity contribution is 5.76. The molecule has 12 unspecified atom stereocenters. The Bertz CT molecular complexity index is 1210. The topological polar surface area (TPSA) is 228 Å². The van der Waals surface area contributed by atoms with Crippen LogP contribution in [0.25, 0.3) is 0 Å². The van der Waals surface area contributed by atoms with Gasteiger partial charge in [0.25, 0.3) is 0 Å². The number of unbranched alkanes of at least 4 members (excludes halogenated alkanes) is 26. The van der Waals surface area contributed by atoms with E-state index < -0.39 is 86.8 Å². The summed E-state index contributed by atoms with van der Waals surface area (Å²) in [6, 6.07) is -0.926. The Morgan fingerprint density at radius 2 is 0.970 bits per heavy atom. The van der Waals surface area contributed by atoms with E-state index >= 15 is 0 Å². The normalized spacial score (nSPS) is 26.9. The van der Waals surface area contributed by atoms with Crippen molar-refractivity contribution in [2.45, 2.75) is 280 Å². The summed E-state index contributed by atoms with van der Waals surface area (Å²) < 4.78 is 22.7. The summed E-state index contributed by atoms with van der Waals surface area (Å²) in [4.78, 5) is 13.2. The van der Waals surface area contributed by atoms with Gasteiger partial charge in [-0.05, 0) is 32.1 Å². The first kappa shape index (κ1) is 60.6. The molecule has 0 aromatic heterocycles. The minimum absolute atomic E-state index is 0.247. The number of amides is 1. The van der Waals surface area contributed by atoms with Crippen LogP contribution < -0.4 is 5.32 Å². The summed E-state index contributed by atoms with van der Waals surface area (Å²) in [5.74, 6) is -0.247. The molecule has 14 nitrogen and oxygen atoms in total. The number of carbonyl (C=O) groups is 1. The van der Waals surface area contributed by atoms with Crippen LogP contribution in [0.3, 0.4) is 0 Å². The van der Waals surface area contributed by atoms with Gasteiger partial charge >= 0.3 is 0 Å². The predicted molar refractivity (Wildman–Crippen MR) is 258 cm³/mol. The molecular weight excluding hydrogens is 847 g/mol.